The van der Waals surface area contributed by atoms with E-state index >= 15 is 0 Å². The first-order valence-electron chi connectivity index (χ1n) is 8.87. The Balaban J connectivity index is 1.44. The van der Waals surface area contributed by atoms with Gasteiger partial charge in [0, 0.05) is 32.7 Å². The van der Waals surface area contributed by atoms with Gasteiger partial charge in [-0.25, -0.2) is 0 Å². The van der Waals surface area contributed by atoms with Gasteiger partial charge in [-0.2, -0.15) is 0 Å². The molecule has 0 aromatic heterocycles. The normalized spacial score (nSPS) is 37.7. The monoisotopic (exact) mass is 333 g/mol. The van der Waals surface area contributed by atoms with Gasteiger partial charge in [-0.1, -0.05) is 30.3 Å². The van der Waals surface area contributed by atoms with E-state index in [2.05, 4.69) is 34.3 Å². The van der Waals surface area contributed by atoms with E-state index in [0.717, 1.165) is 32.7 Å². The first-order valence-corrected chi connectivity index (χ1v) is 8.87. The van der Waals surface area contributed by atoms with Crippen LogP contribution < -0.4 is 5.32 Å². The van der Waals surface area contributed by atoms with Crippen LogP contribution in [0.15, 0.2) is 30.3 Å². The van der Waals surface area contributed by atoms with Crippen molar-refractivity contribution >= 4 is 0 Å². The molecule has 2 N–H and O–H groups in total. The lowest BCUT2D eigenvalue weighted by atomic mass is 9.94. The van der Waals surface area contributed by atoms with Crippen molar-refractivity contribution < 1.29 is 14.6 Å². The van der Waals surface area contributed by atoms with Crippen LogP contribution in [0.4, 0.5) is 0 Å². The van der Waals surface area contributed by atoms with Gasteiger partial charge in [0.1, 0.15) is 6.10 Å². The van der Waals surface area contributed by atoms with Crippen molar-refractivity contribution in [2.24, 2.45) is 0 Å². The maximum absolute atomic E-state index is 11.0. The van der Waals surface area contributed by atoms with Gasteiger partial charge in [0.15, 0.2) is 6.29 Å². The Morgan fingerprint density at radius 3 is 2.67 bits per heavy atom. The van der Waals surface area contributed by atoms with E-state index in [1.165, 1.54) is 5.56 Å². The van der Waals surface area contributed by atoms with Gasteiger partial charge < -0.3 is 24.8 Å². The van der Waals surface area contributed by atoms with Crippen LogP contribution in [-0.2, 0) is 16.0 Å². The molecule has 6 nitrogen and oxygen atoms in total. The number of likely N-dealkylation sites (N-methyl/N-ethyl adjacent to an activating group) is 1. The van der Waals surface area contributed by atoms with E-state index in [0.29, 0.717) is 6.61 Å². The number of rotatable bonds is 4. The van der Waals surface area contributed by atoms with Crippen LogP contribution >= 0.6 is 0 Å². The zero-order valence-corrected chi connectivity index (χ0v) is 14.2. The predicted octanol–water partition coefficient (Wildman–Crippen LogP) is -0.123. The lowest BCUT2D eigenvalue weighted by molar-refractivity contribution is -0.186. The molecular formula is C18H27N3O3. The molecule has 2 bridgehead atoms. The molecule has 3 fully saturated rings. The van der Waals surface area contributed by atoms with Crippen molar-refractivity contribution in [1.29, 1.82) is 0 Å². The highest BCUT2D eigenvalue weighted by Gasteiger charge is 2.52. The zero-order valence-electron chi connectivity index (χ0n) is 14.2. The van der Waals surface area contributed by atoms with Crippen LogP contribution in [0, 0.1) is 0 Å². The summed E-state index contributed by atoms with van der Waals surface area (Å²) in [6, 6.07) is 10.1. The van der Waals surface area contributed by atoms with Crippen molar-refractivity contribution in [2.45, 2.75) is 37.1 Å². The Hall–Kier alpha value is -1.02. The van der Waals surface area contributed by atoms with Gasteiger partial charge in [-0.05, 0) is 12.6 Å². The summed E-state index contributed by atoms with van der Waals surface area (Å²) in [5.74, 6) is 0. The summed E-state index contributed by atoms with van der Waals surface area (Å²) in [6.45, 7) is 5.19. The van der Waals surface area contributed by atoms with E-state index in [1.54, 1.807) is 0 Å². The molecule has 0 aliphatic carbocycles. The van der Waals surface area contributed by atoms with Gasteiger partial charge >= 0.3 is 0 Å². The van der Waals surface area contributed by atoms with E-state index in [1.807, 2.05) is 18.2 Å². The molecule has 0 radical (unpaired) electrons. The Morgan fingerprint density at radius 2 is 1.92 bits per heavy atom. The summed E-state index contributed by atoms with van der Waals surface area (Å²) in [5.41, 5.74) is 1.21. The van der Waals surface area contributed by atoms with Gasteiger partial charge in [-0.3, -0.25) is 4.90 Å². The van der Waals surface area contributed by atoms with Crippen LogP contribution in [0.2, 0.25) is 0 Å². The molecule has 3 saturated heterocycles. The highest BCUT2D eigenvalue weighted by atomic mass is 16.7. The molecule has 5 atom stereocenters. The molecule has 4 rings (SSSR count). The topological polar surface area (TPSA) is 57.2 Å². The smallest absolute Gasteiger partial charge is 0.176 e. The third-order valence-electron chi connectivity index (χ3n) is 5.48. The fraction of sp³-hybridized carbons (Fsp3) is 0.667. The van der Waals surface area contributed by atoms with E-state index in [-0.39, 0.29) is 24.5 Å². The molecule has 1 aromatic carbocycles. The number of benzene rings is 1. The second kappa shape index (κ2) is 7.07. The molecule has 132 valence electrons. The van der Waals surface area contributed by atoms with Crippen molar-refractivity contribution in [1.82, 2.24) is 15.1 Å². The largest absolute Gasteiger partial charge is 0.390 e. The maximum atomic E-state index is 11.0. The number of nitrogens with one attached hydrogen (secondary N) is 1. The second-order valence-corrected chi connectivity index (χ2v) is 7.09. The third-order valence-corrected chi connectivity index (χ3v) is 5.48. The number of hydrogen-bond donors (Lipinski definition) is 2. The fourth-order valence-corrected chi connectivity index (χ4v) is 3.99. The molecule has 5 unspecified atom stereocenters. The van der Waals surface area contributed by atoms with Crippen molar-refractivity contribution in [3.63, 3.8) is 0 Å². The fourth-order valence-electron chi connectivity index (χ4n) is 3.99. The minimum Gasteiger partial charge on any atom is -0.390 e. The highest BCUT2D eigenvalue weighted by Crippen LogP contribution is 2.32. The zero-order chi connectivity index (χ0) is 16.5. The van der Waals surface area contributed by atoms with Crippen molar-refractivity contribution in [3.8, 4) is 0 Å². The molecule has 1 aromatic rings. The van der Waals surface area contributed by atoms with Crippen LogP contribution in [0.5, 0.6) is 0 Å². The number of ether oxygens (including phenoxy) is 2. The average molecular weight is 333 g/mol. The Morgan fingerprint density at radius 1 is 1.17 bits per heavy atom. The molecule has 0 saturated carbocycles. The van der Waals surface area contributed by atoms with Crippen LogP contribution in [0.1, 0.15) is 5.56 Å². The lowest BCUT2D eigenvalue weighted by Crippen LogP contribution is -2.66. The molecule has 24 heavy (non-hydrogen) atoms. The van der Waals surface area contributed by atoms with E-state index < -0.39 is 6.10 Å². The van der Waals surface area contributed by atoms with Gasteiger partial charge in [0.2, 0.25) is 0 Å². The minimum absolute atomic E-state index is 0.0718. The molecule has 3 heterocycles. The first kappa shape index (κ1) is 16.4. The Labute approximate surface area is 143 Å². The van der Waals surface area contributed by atoms with E-state index in [9.17, 15) is 5.11 Å². The minimum atomic E-state index is -0.483. The Kier molecular flexibility index (Phi) is 4.85. The number of fused-ring (bicyclic) bond motifs is 2. The number of piperazine rings is 1. The number of hydrogen-bond acceptors (Lipinski definition) is 6. The molecule has 3 aliphatic rings. The maximum Gasteiger partial charge on any atom is 0.176 e. The average Bonchev–Trinajstić information content (AvgIpc) is 3.02. The molecule has 0 amide bonds. The predicted molar refractivity (Wildman–Crippen MR) is 90.5 cm³/mol. The van der Waals surface area contributed by atoms with E-state index in [4.69, 9.17) is 9.47 Å². The van der Waals surface area contributed by atoms with Crippen molar-refractivity contribution in [3.05, 3.63) is 35.9 Å². The van der Waals surface area contributed by atoms with Crippen LogP contribution in [0.25, 0.3) is 0 Å². The highest BCUT2D eigenvalue weighted by molar-refractivity contribution is 5.15. The van der Waals surface area contributed by atoms with Gasteiger partial charge in [0.05, 0.1) is 24.8 Å². The quantitative estimate of drug-likeness (QED) is 0.801. The summed E-state index contributed by atoms with van der Waals surface area (Å²) in [7, 11) is 2.14. The molecule has 3 aliphatic heterocycles. The first-order chi connectivity index (χ1) is 11.7. The van der Waals surface area contributed by atoms with Crippen LogP contribution in [0.3, 0.4) is 0 Å². The summed E-state index contributed by atoms with van der Waals surface area (Å²) < 4.78 is 11.9. The lowest BCUT2D eigenvalue weighted by Gasteiger charge is -2.46. The third kappa shape index (κ3) is 3.22. The summed E-state index contributed by atoms with van der Waals surface area (Å²) in [5, 5.41) is 14.5. The molecule has 0 spiro atoms. The second-order valence-electron chi connectivity index (χ2n) is 7.09. The number of aliphatic hydroxyl groups is 1. The number of nitrogens with zero attached hydrogens (tertiary/aromatic N) is 2. The SMILES string of the molecule is CN1CCN(C2C3OCC(O3)C(NCc3ccccc3)C2O)CC1. The van der Waals surface area contributed by atoms with Gasteiger partial charge in [-0.15, -0.1) is 0 Å². The van der Waals surface area contributed by atoms with Crippen LogP contribution in [-0.4, -0.2) is 85.3 Å². The van der Waals surface area contributed by atoms with Crippen molar-refractivity contribution in [2.75, 3.05) is 39.8 Å². The number of aliphatic hydroxyl groups excluding tert-OH is 1. The molecular weight excluding hydrogens is 306 g/mol. The molecule has 6 heteroatoms. The Bertz CT molecular complexity index is 536. The summed E-state index contributed by atoms with van der Waals surface area (Å²) >= 11 is 0. The standard InChI is InChI=1S/C18H27N3O3/c1-20-7-9-21(10-8-20)16-17(22)15(14-12-23-18(16)24-14)19-11-13-5-3-2-4-6-13/h2-6,14-19,22H,7-12H2,1H3. The van der Waals surface area contributed by atoms with Gasteiger partial charge in [0.25, 0.3) is 0 Å². The summed E-state index contributed by atoms with van der Waals surface area (Å²) in [6.07, 6.45) is -0.857. The summed E-state index contributed by atoms with van der Waals surface area (Å²) in [4.78, 5) is 4.64.